The number of rotatable bonds is 3. The molecule has 0 heterocycles. The molecule has 1 N–H and O–H groups in total. The highest BCUT2D eigenvalue weighted by Crippen LogP contribution is 2.21. The fourth-order valence-corrected chi connectivity index (χ4v) is 0.541. The Balaban J connectivity index is 3.87. The first-order valence-electron chi connectivity index (χ1n) is 3.28. The van der Waals surface area contributed by atoms with Gasteiger partial charge in [-0.2, -0.15) is 13.2 Å². The Labute approximate surface area is 67.1 Å². The Bertz CT molecular complexity index is 155. The zero-order chi connectivity index (χ0) is 9.78. The molecule has 0 aromatic carbocycles. The maximum atomic E-state index is 11.5. The topological polar surface area (TPSA) is 46.5 Å². The molecule has 0 radical (unpaired) electrons. The highest BCUT2D eigenvalue weighted by Gasteiger charge is 2.34. The SMILES string of the molecule is CCOC(=O)[C@H](O)CC(F)(F)F. The van der Waals surface area contributed by atoms with Crippen molar-refractivity contribution < 1.29 is 27.8 Å². The Morgan fingerprint density at radius 1 is 1.58 bits per heavy atom. The van der Waals surface area contributed by atoms with Crippen LogP contribution >= 0.6 is 0 Å². The molecule has 72 valence electrons. The normalized spacial score (nSPS) is 14.1. The van der Waals surface area contributed by atoms with E-state index in [4.69, 9.17) is 5.11 Å². The van der Waals surface area contributed by atoms with E-state index in [9.17, 15) is 18.0 Å². The first-order chi connectivity index (χ1) is 5.37. The summed E-state index contributed by atoms with van der Waals surface area (Å²) in [7, 11) is 0. The predicted octanol–water partition coefficient (Wildman–Crippen LogP) is 0.863. The van der Waals surface area contributed by atoms with Crippen LogP contribution in [0.3, 0.4) is 0 Å². The zero-order valence-corrected chi connectivity index (χ0v) is 6.39. The van der Waals surface area contributed by atoms with Gasteiger partial charge in [-0.25, -0.2) is 4.79 Å². The summed E-state index contributed by atoms with van der Waals surface area (Å²) < 4.78 is 38.8. The van der Waals surface area contributed by atoms with Crippen molar-refractivity contribution in [2.75, 3.05) is 6.61 Å². The Morgan fingerprint density at radius 3 is 2.42 bits per heavy atom. The van der Waals surface area contributed by atoms with E-state index in [-0.39, 0.29) is 6.61 Å². The summed E-state index contributed by atoms with van der Waals surface area (Å²) in [6, 6.07) is 0. The lowest BCUT2D eigenvalue weighted by Gasteiger charge is -2.11. The summed E-state index contributed by atoms with van der Waals surface area (Å²) in [6.07, 6.45) is -8.22. The summed E-state index contributed by atoms with van der Waals surface area (Å²) in [5, 5.41) is 8.59. The van der Waals surface area contributed by atoms with Gasteiger partial charge in [0.1, 0.15) is 0 Å². The van der Waals surface area contributed by atoms with E-state index in [1.54, 1.807) is 0 Å². The number of carbonyl (C=O) groups excluding carboxylic acids is 1. The van der Waals surface area contributed by atoms with Crippen LogP contribution in [0.25, 0.3) is 0 Å². The number of aliphatic hydroxyl groups excluding tert-OH is 1. The van der Waals surface area contributed by atoms with Crippen LogP contribution in [-0.2, 0) is 9.53 Å². The van der Waals surface area contributed by atoms with Crippen molar-refractivity contribution in [1.29, 1.82) is 0 Å². The average molecular weight is 186 g/mol. The molecule has 0 aliphatic rings. The molecule has 1 atom stereocenters. The number of esters is 1. The number of halogens is 3. The van der Waals surface area contributed by atoms with Crippen molar-refractivity contribution in [2.45, 2.75) is 25.6 Å². The van der Waals surface area contributed by atoms with Crippen molar-refractivity contribution in [1.82, 2.24) is 0 Å². The van der Waals surface area contributed by atoms with Gasteiger partial charge in [0, 0.05) is 0 Å². The molecule has 0 saturated carbocycles. The van der Waals surface area contributed by atoms with Gasteiger partial charge in [0.15, 0.2) is 6.10 Å². The standard InChI is InChI=1S/C6H9F3O3/c1-2-12-5(11)4(10)3-6(7,8)9/h4,10H,2-3H2,1H3/t4-/m1/s1. The first kappa shape index (κ1) is 11.2. The molecule has 0 bridgehead atoms. The summed E-state index contributed by atoms with van der Waals surface area (Å²) in [6.45, 7) is 1.39. The van der Waals surface area contributed by atoms with Crippen LogP contribution < -0.4 is 0 Å². The number of alkyl halides is 3. The lowest BCUT2D eigenvalue weighted by atomic mass is 10.2. The largest absolute Gasteiger partial charge is 0.464 e. The van der Waals surface area contributed by atoms with Crippen molar-refractivity contribution in [3.8, 4) is 0 Å². The summed E-state index contributed by atoms with van der Waals surface area (Å²) >= 11 is 0. The second-order valence-corrected chi connectivity index (χ2v) is 2.09. The first-order valence-corrected chi connectivity index (χ1v) is 3.28. The van der Waals surface area contributed by atoms with Gasteiger partial charge >= 0.3 is 12.1 Å². The lowest BCUT2D eigenvalue weighted by Crippen LogP contribution is -2.28. The fourth-order valence-electron chi connectivity index (χ4n) is 0.541. The quantitative estimate of drug-likeness (QED) is 0.665. The van der Waals surface area contributed by atoms with Crippen LogP contribution in [0.2, 0.25) is 0 Å². The third kappa shape index (κ3) is 4.95. The Kier molecular flexibility index (Phi) is 4.02. The smallest absolute Gasteiger partial charge is 0.392 e. The number of hydrogen-bond acceptors (Lipinski definition) is 3. The Morgan fingerprint density at radius 2 is 2.08 bits per heavy atom. The van der Waals surface area contributed by atoms with Crippen LogP contribution in [0.1, 0.15) is 13.3 Å². The molecule has 3 nitrogen and oxygen atoms in total. The van der Waals surface area contributed by atoms with Gasteiger partial charge in [0.05, 0.1) is 13.0 Å². The highest BCUT2D eigenvalue weighted by atomic mass is 19.4. The van der Waals surface area contributed by atoms with Gasteiger partial charge in [0.2, 0.25) is 0 Å². The van der Waals surface area contributed by atoms with E-state index in [0.717, 1.165) is 0 Å². The molecular weight excluding hydrogens is 177 g/mol. The molecule has 0 saturated heterocycles. The summed E-state index contributed by atoms with van der Waals surface area (Å²) in [5.74, 6) is -1.24. The highest BCUT2D eigenvalue weighted by molar-refractivity contribution is 5.74. The van der Waals surface area contributed by atoms with Gasteiger partial charge < -0.3 is 9.84 Å². The average Bonchev–Trinajstić information content (AvgIpc) is 1.84. The summed E-state index contributed by atoms with van der Waals surface area (Å²) in [5.41, 5.74) is 0. The third-order valence-corrected chi connectivity index (χ3v) is 0.983. The molecule has 0 amide bonds. The maximum absolute atomic E-state index is 11.5. The second kappa shape index (κ2) is 4.30. The molecule has 0 fully saturated rings. The van der Waals surface area contributed by atoms with Crippen LogP contribution in [-0.4, -0.2) is 30.0 Å². The molecule has 0 aromatic heterocycles. The third-order valence-electron chi connectivity index (χ3n) is 0.983. The molecule has 0 unspecified atom stereocenters. The van der Waals surface area contributed by atoms with Gasteiger partial charge in [-0.3, -0.25) is 0 Å². The van der Waals surface area contributed by atoms with Gasteiger partial charge in [-0.1, -0.05) is 0 Å². The van der Waals surface area contributed by atoms with Crippen LogP contribution in [0.4, 0.5) is 13.2 Å². The van der Waals surface area contributed by atoms with E-state index in [1.807, 2.05) is 0 Å². The molecule has 12 heavy (non-hydrogen) atoms. The zero-order valence-electron chi connectivity index (χ0n) is 6.39. The molecule has 0 spiro atoms. The predicted molar refractivity (Wildman–Crippen MR) is 33.3 cm³/mol. The molecule has 6 heteroatoms. The Hall–Kier alpha value is -0.780. The maximum Gasteiger partial charge on any atom is 0.392 e. The van der Waals surface area contributed by atoms with Crippen LogP contribution in [0.5, 0.6) is 0 Å². The van der Waals surface area contributed by atoms with Crippen LogP contribution in [0, 0.1) is 0 Å². The molecule has 0 aliphatic carbocycles. The minimum Gasteiger partial charge on any atom is -0.464 e. The van der Waals surface area contributed by atoms with E-state index in [1.165, 1.54) is 6.92 Å². The van der Waals surface area contributed by atoms with Crippen molar-refractivity contribution in [3.63, 3.8) is 0 Å². The van der Waals surface area contributed by atoms with Gasteiger partial charge in [-0.05, 0) is 6.92 Å². The second-order valence-electron chi connectivity index (χ2n) is 2.09. The molecular formula is C6H9F3O3. The number of aliphatic hydroxyl groups is 1. The van der Waals surface area contributed by atoms with E-state index in [2.05, 4.69) is 4.74 Å². The van der Waals surface area contributed by atoms with Crippen molar-refractivity contribution in [2.24, 2.45) is 0 Å². The molecule has 0 aromatic rings. The minimum absolute atomic E-state index is 0.0479. The number of hydrogen-bond donors (Lipinski definition) is 1. The van der Waals surface area contributed by atoms with Crippen molar-refractivity contribution in [3.05, 3.63) is 0 Å². The molecule has 0 rings (SSSR count). The van der Waals surface area contributed by atoms with E-state index in [0.29, 0.717) is 0 Å². The monoisotopic (exact) mass is 186 g/mol. The summed E-state index contributed by atoms with van der Waals surface area (Å²) in [4.78, 5) is 10.4. The minimum atomic E-state index is -4.55. The van der Waals surface area contributed by atoms with Crippen LogP contribution in [0.15, 0.2) is 0 Å². The number of ether oxygens (including phenoxy) is 1. The van der Waals surface area contributed by atoms with Crippen molar-refractivity contribution >= 4 is 5.97 Å². The fraction of sp³-hybridized carbons (Fsp3) is 0.833. The van der Waals surface area contributed by atoms with E-state index >= 15 is 0 Å². The molecule has 0 aliphatic heterocycles. The number of carbonyl (C=O) groups is 1. The lowest BCUT2D eigenvalue weighted by molar-refractivity contribution is -0.176. The van der Waals surface area contributed by atoms with E-state index < -0.39 is 24.7 Å². The van der Waals surface area contributed by atoms with Gasteiger partial charge in [-0.15, -0.1) is 0 Å². The van der Waals surface area contributed by atoms with Gasteiger partial charge in [0.25, 0.3) is 0 Å².